The molecule has 174 valence electrons. The Bertz CT molecular complexity index is 1550. The van der Waals surface area contributed by atoms with Crippen molar-refractivity contribution in [2.75, 3.05) is 11.9 Å². The highest BCUT2D eigenvalue weighted by Crippen LogP contribution is 2.27. The van der Waals surface area contributed by atoms with Crippen molar-refractivity contribution in [2.45, 2.75) is 13.8 Å². The van der Waals surface area contributed by atoms with Gasteiger partial charge in [0.25, 0.3) is 5.91 Å². The van der Waals surface area contributed by atoms with Gasteiger partial charge >= 0.3 is 0 Å². The molecule has 0 atom stereocenters. The van der Waals surface area contributed by atoms with Crippen molar-refractivity contribution in [3.8, 4) is 17.0 Å². The van der Waals surface area contributed by atoms with Gasteiger partial charge in [0.15, 0.2) is 5.13 Å². The summed E-state index contributed by atoms with van der Waals surface area (Å²) in [5, 5.41) is 6.12. The Kier molecular flexibility index (Phi) is 6.41. The van der Waals surface area contributed by atoms with Crippen LogP contribution in [0.5, 0.6) is 5.75 Å². The van der Waals surface area contributed by atoms with Crippen LogP contribution in [-0.2, 0) is 0 Å². The van der Waals surface area contributed by atoms with Crippen molar-refractivity contribution in [1.82, 2.24) is 4.98 Å². The van der Waals surface area contributed by atoms with Crippen LogP contribution in [-0.4, -0.2) is 17.5 Å². The van der Waals surface area contributed by atoms with Gasteiger partial charge in [-0.05, 0) is 62.4 Å². The molecule has 0 saturated heterocycles. The number of rotatable bonds is 6. The molecule has 0 spiro atoms. The van der Waals surface area contributed by atoms with Crippen molar-refractivity contribution in [3.63, 3.8) is 0 Å². The van der Waals surface area contributed by atoms with Gasteiger partial charge < -0.3 is 9.15 Å². The molecule has 5 rings (SSSR count). The van der Waals surface area contributed by atoms with E-state index in [1.165, 1.54) is 11.3 Å². The predicted octanol–water partition coefficient (Wildman–Crippen LogP) is 6.75. The van der Waals surface area contributed by atoms with Crippen LogP contribution in [0.3, 0.4) is 0 Å². The molecule has 0 bridgehead atoms. The lowest BCUT2D eigenvalue weighted by molar-refractivity contribution is 0.102. The molecule has 1 amide bonds. The van der Waals surface area contributed by atoms with E-state index in [4.69, 9.17) is 9.15 Å². The molecular formula is C28H23N3O3S. The highest BCUT2D eigenvalue weighted by atomic mass is 32.1. The summed E-state index contributed by atoms with van der Waals surface area (Å²) in [5.41, 5.74) is 4.79. The van der Waals surface area contributed by atoms with Crippen molar-refractivity contribution in [1.29, 1.82) is 0 Å². The van der Waals surface area contributed by atoms with E-state index in [-0.39, 0.29) is 11.5 Å². The molecule has 0 aliphatic carbocycles. The number of hydrogen-bond donors (Lipinski definition) is 1. The minimum atomic E-state index is -0.335. The number of anilines is 1. The minimum absolute atomic E-state index is 0.244. The molecule has 2 aromatic heterocycles. The Morgan fingerprint density at radius 2 is 1.83 bits per heavy atom. The number of benzene rings is 3. The number of fused-ring (bicyclic) bond motifs is 1. The fourth-order valence-electron chi connectivity index (χ4n) is 3.57. The van der Waals surface area contributed by atoms with E-state index in [0.29, 0.717) is 28.6 Å². The van der Waals surface area contributed by atoms with E-state index in [2.05, 4.69) is 15.3 Å². The minimum Gasteiger partial charge on any atom is -0.494 e. The molecule has 35 heavy (non-hydrogen) atoms. The molecule has 0 radical (unpaired) electrons. The molecule has 3 aromatic carbocycles. The monoisotopic (exact) mass is 481 g/mol. The van der Waals surface area contributed by atoms with Gasteiger partial charge in [-0.1, -0.05) is 35.9 Å². The third-order valence-corrected chi connectivity index (χ3v) is 6.11. The van der Waals surface area contributed by atoms with Crippen LogP contribution in [0.4, 0.5) is 10.8 Å². The third kappa shape index (κ3) is 5.15. The average Bonchev–Trinajstić information content (AvgIpc) is 3.34. The van der Waals surface area contributed by atoms with Crippen LogP contribution in [0.1, 0.15) is 22.8 Å². The molecule has 0 saturated carbocycles. The second kappa shape index (κ2) is 9.95. The molecule has 0 aliphatic rings. The van der Waals surface area contributed by atoms with Crippen molar-refractivity contribution in [2.24, 2.45) is 4.99 Å². The topological polar surface area (TPSA) is 76.7 Å². The Balaban J connectivity index is 1.46. The first-order valence-electron chi connectivity index (χ1n) is 11.2. The van der Waals surface area contributed by atoms with Crippen molar-refractivity contribution >= 4 is 39.0 Å². The van der Waals surface area contributed by atoms with Crippen LogP contribution in [0.15, 0.2) is 93.7 Å². The third-order valence-electron chi connectivity index (χ3n) is 5.35. The number of thiazole rings is 1. The van der Waals surface area contributed by atoms with Crippen LogP contribution in [0.25, 0.3) is 22.2 Å². The van der Waals surface area contributed by atoms with Gasteiger partial charge in [-0.15, -0.1) is 11.3 Å². The lowest BCUT2D eigenvalue weighted by atomic mass is 10.1. The summed E-state index contributed by atoms with van der Waals surface area (Å²) < 4.78 is 11.5. The Morgan fingerprint density at radius 3 is 2.60 bits per heavy atom. The number of carbonyl (C=O) groups is 1. The summed E-state index contributed by atoms with van der Waals surface area (Å²) in [6.07, 6.45) is 0. The molecule has 7 heteroatoms. The molecule has 6 nitrogen and oxygen atoms in total. The summed E-state index contributed by atoms with van der Waals surface area (Å²) >= 11 is 1.36. The number of amides is 1. The van der Waals surface area contributed by atoms with Gasteiger partial charge in [0.1, 0.15) is 16.9 Å². The maximum atomic E-state index is 13.3. The first kappa shape index (κ1) is 22.6. The van der Waals surface area contributed by atoms with E-state index in [1.54, 1.807) is 6.07 Å². The molecular weight excluding hydrogens is 458 g/mol. The Morgan fingerprint density at radius 1 is 1.06 bits per heavy atom. The Hall–Kier alpha value is -4.23. The van der Waals surface area contributed by atoms with Gasteiger partial charge in [0.05, 0.1) is 18.0 Å². The fraction of sp³-hybridized carbons (Fsp3) is 0.107. The van der Waals surface area contributed by atoms with E-state index in [1.807, 2.05) is 92.0 Å². The van der Waals surface area contributed by atoms with Crippen LogP contribution < -0.4 is 15.6 Å². The second-order valence-corrected chi connectivity index (χ2v) is 8.76. The van der Waals surface area contributed by atoms with Crippen LogP contribution >= 0.6 is 11.3 Å². The van der Waals surface area contributed by atoms with Crippen molar-refractivity contribution < 1.29 is 13.9 Å². The van der Waals surface area contributed by atoms with Gasteiger partial charge in [-0.2, -0.15) is 0 Å². The SMILES string of the molecule is CCOc1ccc(-c2csc(NC(=O)c3cc4ccccc4oc3=Nc3ccc(C)cc3)n2)cc1. The van der Waals surface area contributed by atoms with Gasteiger partial charge in [-0.25, -0.2) is 9.98 Å². The predicted molar refractivity (Wildman–Crippen MR) is 139 cm³/mol. The molecule has 0 unspecified atom stereocenters. The van der Waals surface area contributed by atoms with E-state index >= 15 is 0 Å². The smallest absolute Gasteiger partial charge is 0.262 e. The Labute approximate surface area is 206 Å². The normalized spacial score (nSPS) is 11.5. The summed E-state index contributed by atoms with van der Waals surface area (Å²) in [4.78, 5) is 22.5. The fourth-order valence-corrected chi connectivity index (χ4v) is 4.28. The van der Waals surface area contributed by atoms with Gasteiger partial charge in [-0.3, -0.25) is 10.1 Å². The number of aryl methyl sites for hydroxylation is 1. The number of ether oxygens (including phenoxy) is 1. The van der Waals surface area contributed by atoms with Crippen molar-refractivity contribution in [3.05, 3.63) is 101 Å². The van der Waals surface area contributed by atoms with Gasteiger partial charge in [0.2, 0.25) is 5.55 Å². The molecule has 2 heterocycles. The highest BCUT2D eigenvalue weighted by molar-refractivity contribution is 7.14. The maximum absolute atomic E-state index is 13.3. The number of aromatic nitrogens is 1. The summed E-state index contributed by atoms with van der Waals surface area (Å²) in [7, 11) is 0. The average molecular weight is 482 g/mol. The van der Waals surface area contributed by atoms with Gasteiger partial charge in [0, 0.05) is 16.3 Å². The summed E-state index contributed by atoms with van der Waals surface area (Å²) in [6, 6.07) is 24.8. The highest BCUT2D eigenvalue weighted by Gasteiger charge is 2.15. The molecule has 1 N–H and O–H groups in total. The largest absolute Gasteiger partial charge is 0.494 e. The van der Waals surface area contributed by atoms with Crippen LogP contribution in [0.2, 0.25) is 0 Å². The summed E-state index contributed by atoms with van der Waals surface area (Å²) in [6.45, 7) is 4.58. The zero-order valence-corrected chi connectivity index (χ0v) is 20.1. The first-order chi connectivity index (χ1) is 17.1. The molecule has 0 fully saturated rings. The van der Waals surface area contributed by atoms with Crippen LogP contribution in [0, 0.1) is 6.92 Å². The standard InChI is InChI=1S/C28H23N3O3S/c1-3-33-22-14-10-19(11-15-22)24-17-35-28(30-24)31-26(32)23-16-20-6-4-5-7-25(20)34-27(23)29-21-12-8-18(2)9-13-21/h4-17H,3H2,1-2H3,(H,30,31,32). The lowest BCUT2D eigenvalue weighted by Crippen LogP contribution is -2.21. The number of nitrogens with zero attached hydrogens (tertiary/aromatic N) is 2. The number of para-hydroxylation sites is 1. The molecule has 5 aromatic rings. The number of nitrogens with one attached hydrogen (secondary N) is 1. The second-order valence-electron chi connectivity index (χ2n) is 7.90. The van der Waals surface area contributed by atoms with E-state index < -0.39 is 0 Å². The zero-order valence-electron chi connectivity index (χ0n) is 19.3. The first-order valence-corrected chi connectivity index (χ1v) is 12.1. The number of carbonyl (C=O) groups excluding carboxylic acids is 1. The molecule has 0 aliphatic heterocycles. The maximum Gasteiger partial charge on any atom is 0.262 e. The van der Waals surface area contributed by atoms with E-state index in [9.17, 15) is 4.79 Å². The van der Waals surface area contributed by atoms with E-state index in [0.717, 1.165) is 28.0 Å². The summed E-state index contributed by atoms with van der Waals surface area (Å²) in [5.74, 6) is 0.475. The quantitative estimate of drug-likeness (QED) is 0.291. The number of hydrogen-bond acceptors (Lipinski definition) is 6. The lowest BCUT2D eigenvalue weighted by Gasteiger charge is -2.05. The zero-order chi connectivity index (χ0) is 24.2.